The van der Waals surface area contributed by atoms with Gasteiger partial charge in [-0.1, -0.05) is 0 Å². The monoisotopic (exact) mass is 152 g/mol. The van der Waals surface area contributed by atoms with Crippen LogP contribution in [0.4, 0.5) is 10.1 Å². The maximum Gasteiger partial charge on any atom is 0.263 e. The number of hydrogen-bond donors (Lipinski definition) is 1. The Labute approximate surface area is 62.3 Å². The summed E-state index contributed by atoms with van der Waals surface area (Å²) in [4.78, 5) is 14.5. The Kier molecular flexibility index (Phi) is 1.15. The second kappa shape index (κ2) is 2.02. The number of fused-ring (bicyclic) bond motifs is 1. The molecule has 4 heteroatoms. The Morgan fingerprint density at radius 1 is 1.64 bits per heavy atom. The van der Waals surface area contributed by atoms with Crippen molar-refractivity contribution in [2.45, 2.75) is 6.17 Å². The number of alkyl halides is 1. The average molecular weight is 152 g/mol. The van der Waals surface area contributed by atoms with Crippen LogP contribution in [0.15, 0.2) is 18.5 Å². The third kappa shape index (κ3) is 0.790. The lowest BCUT2D eigenvalue weighted by Gasteiger charge is -1.93. The van der Waals surface area contributed by atoms with E-state index in [0.717, 1.165) is 0 Å². The zero-order valence-corrected chi connectivity index (χ0v) is 5.54. The quantitative estimate of drug-likeness (QED) is 0.603. The third-order valence-electron chi connectivity index (χ3n) is 1.62. The molecule has 0 bridgehead atoms. The van der Waals surface area contributed by atoms with Crippen molar-refractivity contribution in [3.8, 4) is 0 Å². The lowest BCUT2D eigenvalue weighted by atomic mass is 10.2. The predicted octanol–water partition coefficient (Wildman–Crippen LogP) is 1.04. The van der Waals surface area contributed by atoms with Gasteiger partial charge in [-0.2, -0.15) is 0 Å². The number of rotatable bonds is 0. The van der Waals surface area contributed by atoms with E-state index in [-0.39, 0.29) is 0 Å². The fraction of sp³-hybridized carbons (Fsp3) is 0.143. The minimum absolute atomic E-state index is 0.380. The number of amides is 1. The fourth-order valence-corrected chi connectivity index (χ4v) is 1.07. The van der Waals surface area contributed by atoms with Crippen LogP contribution in [-0.2, 0) is 4.79 Å². The SMILES string of the molecule is O=C1Nc2cnccc2[C@H]1F. The molecule has 0 saturated heterocycles. The molecule has 1 aromatic rings. The Balaban J connectivity index is 2.55. The van der Waals surface area contributed by atoms with E-state index in [1.165, 1.54) is 18.5 Å². The summed E-state index contributed by atoms with van der Waals surface area (Å²) in [6, 6.07) is 1.50. The van der Waals surface area contributed by atoms with Gasteiger partial charge in [-0.05, 0) is 6.07 Å². The summed E-state index contributed by atoms with van der Waals surface area (Å²) in [7, 11) is 0. The standard InChI is InChI=1S/C7H5FN2O/c8-6-4-1-2-9-3-5(4)10-7(6)11/h1-3,6H,(H,10,11)/t6-/m1/s1. The van der Waals surface area contributed by atoms with Gasteiger partial charge in [-0.25, -0.2) is 4.39 Å². The number of halogens is 1. The number of nitrogens with one attached hydrogen (secondary N) is 1. The normalized spacial score (nSPS) is 21.2. The molecule has 2 rings (SSSR count). The minimum Gasteiger partial charge on any atom is -0.322 e. The number of pyridine rings is 1. The topological polar surface area (TPSA) is 42.0 Å². The summed E-state index contributed by atoms with van der Waals surface area (Å²) >= 11 is 0. The van der Waals surface area contributed by atoms with E-state index in [1.807, 2.05) is 0 Å². The molecule has 1 N–H and O–H groups in total. The van der Waals surface area contributed by atoms with E-state index in [0.29, 0.717) is 11.3 Å². The number of hydrogen-bond acceptors (Lipinski definition) is 2. The van der Waals surface area contributed by atoms with Crippen molar-refractivity contribution in [2.75, 3.05) is 5.32 Å². The lowest BCUT2D eigenvalue weighted by Crippen LogP contribution is -2.07. The van der Waals surface area contributed by atoms with Crippen molar-refractivity contribution >= 4 is 11.6 Å². The molecule has 0 aromatic carbocycles. The molecular weight excluding hydrogens is 147 g/mol. The van der Waals surface area contributed by atoms with Crippen LogP contribution in [0.1, 0.15) is 11.7 Å². The maximum absolute atomic E-state index is 12.9. The molecule has 1 aliphatic heterocycles. The molecule has 3 nitrogen and oxygen atoms in total. The van der Waals surface area contributed by atoms with Crippen LogP contribution >= 0.6 is 0 Å². The smallest absolute Gasteiger partial charge is 0.263 e. The highest BCUT2D eigenvalue weighted by Gasteiger charge is 2.29. The molecule has 2 heterocycles. The first-order chi connectivity index (χ1) is 5.29. The van der Waals surface area contributed by atoms with Crippen LogP contribution in [0.2, 0.25) is 0 Å². The van der Waals surface area contributed by atoms with Gasteiger partial charge in [0.25, 0.3) is 5.91 Å². The molecule has 0 aliphatic carbocycles. The van der Waals surface area contributed by atoms with Crippen LogP contribution in [0.5, 0.6) is 0 Å². The van der Waals surface area contributed by atoms with Crippen molar-refractivity contribution < 1.29 is 9.18 Å². The molecular formula is C7H5FN2O. The van der Waals surface area contributed by atoms with Gasteiger partial charge in [-0.15, -0.1) is 0 Å². The van der Waals surface area contributed by atoms with Gasteiger partial charge in [0.05, 0.1) is 11.9 Å². The highest BCUT2D eigenvalue weighted by molar-refractivity contribution is 6.01. The van der Waals surface area contributed by atoms with Crippen LogP contribution in [0.3, 0.4) is 0 Å². The van der Waals surface area contributed by atoms with Crippen LogP contribution in [0, 0.1) is 0 Å². The number of carbonyl (C=O) groups is 1. The molecule has 0 unspecified atom stereocenters. The van der Waals surface area contributed by atoms with Crippen molar-refractivity contribution in [1.29, 1.82) is 0 Å². The van der Waals surface area contributed by atoms with Gasteiger partial charge in [0.1, 0.15) is 0 Å². The van der Waals surface area contributed by atoms with E-state index in [9.17, 15) is 9.18 Å². The first-order valence-corrected chi connectivity index (χ1v) is 3.18. The summed E-state index contributed by atoms with van der Waals surface area (Å²) in [6.45, 7) is 0. The molecule has 1 amide bonds. The van der Waals surface area contributed by atoms with E-state index >= 15 is 0 Å². The molecule has 0 spiro atoms. The Morgan fingerprint density at radius 2 is 2.45 bits per heavy atom. The summed E-state index contributed by atoms with van der Waals surface area (Å²) in [5, 5.41) is 2.37. The highest BCUT2D eigenvalue weighted by Crippen LogP contribution is 2.31. The van der Waals surface area contributed by atoms with E-state index < -0.39 is 12.1 Å². The second-order valence-electron chi connectivity index (χ2n) is 2.31. The van der Waals surface area contributed by atoms with Crippen molar-refractivity contribution in [3.63, 3.8) is 0 Å². The number of aromatic nitrogens is 1. The summed E-state index contributed by atoms with van der Waals surface area (Å²) in [5.41, 5.74) is 0.856. The minimum atomic E-state index is -1.52. The number of anilines is 1. The van der Waals surface area contributed by atoms with E-state index in [1.54, 1.807) is 0 Å². The molecule has 0 saturated carbocycles. The summed E-state index contributed by atoms with van der Waals surface area (Å²) < 4.78 is 12.9. The van der Waals surface area contributed by atoms with Crippen molar-refractivity contribution in [3.05, 3.63) is 24.0 Å². The molecule has 0 fully saturated rings. The summed E-state index contributed by atoms with van der Waals surface area (Å²) in [5.74, 6) is -0.604. The average Bonchev–Trinajstić information content (AvgIpc) is 2.30. The largest absolute Gasteiger partial charge is 0.322 e. The van der Waals surface area contributed by atoms with Crippen molar-refractivity contribution in [1.82, 2.24) is 4.98 Å². The number of nitrogens with zero attached hydrogens (tertiary/aromatic N) is 1. The molecule has 1 aromatic heterocycles. The fourth-order valence-electron chi connectivity index (χ4n) is 1.07. The Hall–Kier alpha value is -1.45. The van der Waals surface area contributed by atoms with Crippen LogP contribution < -0.4 is 5.32 Å². The second-order valence-corrected chi connectivity index (χ2v) is 2.31. The zero-order valence-electron chi connectivity index (χ0n) is 5.54. The van der Waals surface area contributed by atoms with Gasteiger partial charge < -0.3 is 5.32 Å². The molecule has 1 aliphatic rings. The first-order valence-electron chi connectivity index (χ1n) is 3.18. The van der Waals surface area contributed by atoms with Gasteiger partial charge in [0, 0.05) is 11.8 Å². The number of carbonyl (C=O) groups excluding carboxylic acids is 1. The molecule has 56 valence electrons. The Morgan fingerprint density at radius 3 is 3.18 bits per heavy atom. The zero-order chi connectivity index (χ0) is 7.84. The van der Waals surface area contributed by atoms with Crippen molar-refractivity contribution in [2.24, 2.45) is 0 Å². The maximum atomic E-state index is 12.9. The van der Waals surface area contributed by atoms with Gasteiger partial charge in [0.2, 0.25) is 6.17 Å². The van der Waals surface area contributed by atoms with Crippen LogP contribution in [-0.4, -0.2) is 10.9 Å². The van der Waals surface area contributed by atoms with Gasteiger partial charge in [-0.3, -0.25) is 9.78 Å². The highest BCUT2D eigenvalue weighted by atomic mass is 19.1. The first kappa shape index (κ1) is 6.27. The molecule has 0 radical (unpaired) electrons. The molecule has 1 atom stereocenters. The Bertz CT molecular complexity index is 313. The molecule has 11 heavy (non-hydrogen) atoms. The van der Waals surface area contributed by atoms with Gasteiger partial charge in [0.15, 0.2) is 0 Å². The third-order valence-corrected chi connectivity index (χ3v) is 1.62. The lowest BCUT2D eigenvalue weighted by molar-refractivity contribution is -0.120. The van der Waals surface area contributed by atoms with E-state index in [4.69, 9.17) is 0 Å². The summed E-state index contributed by atoms with van der Waals surface area (Å²) in [6.07, 6.45) is 1.38. The predicted molar refractivity (Wildman–Crippen MR) is 36.7 cm³/mol. The van der Waals surface area contributed by atoms with E-state index in [2.05, 4.69) is 10.3 Å². The van der Waals surface area contributed by atoms with Gasteiger partial charge >= 0.3 is 0 Å². The van der Waals surface area contributed by atoms with Crippen LogP contribution in [0.25, 0.3) is 0 Å².